The fourth-order valence-electron chi connectivity index (χ4n) is 1.58. The monoisotopic (exact) mass is 154 g/mol. The van der Waals surface area contributed by atoms with E-state index in [0.717, 1.165) is 6.29 Å². The predicted octanol–water partition coefficient (Wildman–Crippen LogP) is 2.01. The van der Waals surface area contributed by atoms with Gasteiger partial charge >= 0.3 is 0 Å². The summed E-state index contributed by atoms with van der Waals surface area (Å²) in [5.74, 6) is 0.242. The first-order chi connectivity index (χ1) is 4.48. The summed E-state index contributed by atoms with van der Waals surface area (Å²) in [7, 11) is -1.12. The van der Waals surface area contributed by atoms with Gasteiger partial charge in [0.1, 0.15) is 6.29 Å². The maximum atomic E-state index is 10.4. The summed E-state index contributed by atoms with van der Waals surface area (Å²) < 4.78 is 0. The quantitative estimate of drug-likeness (QED) is 0.439. The molecule has 0 saturated carbocycles. The number of aldehydes is 1. The van der Waals surface area contributed by atoms with E-state index in [1.54, 1.807) is 0 Å². The van der Waals surface area contributed by atoms with Crippen LogP contribution in [0.5, 0.6) is 0 Å². The smallest absolute Gasteiger partial charge is 0.130 e. The van der Waals surface area contributed by atoms with Crippen LogP contribution < -0.4 is 0 Å². The number of allylic oxidation sites excluding steroid dienone is 2. The zero-order valence-electron chi connectivity index (χ0n) is 7.06. The van der Waals surface area contributed by atoms with Crippen molar-refractivity contribution in [1.82, 2.24) is 0 Å². The molecule has 0 fully saturated rings. The van der Waals surface area contributed by atoms with Gasteiger partial charge in [-0.15, -0.1) is 0 Å². The van der Waals surface area contributed by atoms with Gasteiger partial charge in [-0.1, -0.05) is 30.4 Å². The van der Waals surface area contributed by atoms with Crippen molar-refractivity contribution in [2.75, 3.05) is 0 Å². The second-order valence-corrected chi connectivity index (χ2v) is 9.00. The number of hydrogen-bond donors (Lipinski definition) is 0. The van der Waals surface area contributed by atoms with Gasteiger partial charge in [0.2, 0.25) is 0 Å². The Labute approximate surface area is 63.1 Å². The summed E-state index contributed by atoms with van der Waals surface area (Å²) in [6, 6.07) is 0. The van der Waals surface area contributed by atoms with E-state index in [1.807, 2.05) is 0 Å². The molecule has 1 rings (SSSR count). The van der Waals surface area contributed by atoms with Gasteiger partial charge in [0.15, 0.2) is 0 Å². The van der Waals surface area contributed by atoms with Crippen molar-refractivity contribution in [3.8, 4) is 0 Å². The molecule has 0 saturated heterocycles. The molecule has 0 aromatic heterocycles. The van der Waals surface area contributed by atoms with Crippen LogP contribution in [0.3, 0.4) is 0 Å². The molecule has 0 aliphatic heterocycles. The third-order valence-corrected chi connectivity index (χ3v) is 4.38. The average molecular weight is 154 g/mol. The van der Waals surface area contributed by atoms with Crippen molar-refractivity contribution in [1.29, 1.82) is 0 Å². The van der Waals surface area contributed by atoms with Crippen molar-refractivity contribution < 1.29 is 4.79 Å². The molecule has 0 heterocycles. The summed E-state index contributed by atoms with van der Waals surface area (Å²) in [5, 5.41) is 1.47. The Hall–Kier alpha value is -0.373. The van der Waals surface area contributed by atoms with Crippen molar-refractivity contribution in [2.24, 2.45) is 5.92 Å². The summed E-state index contributed by atoms with van der Waals surface area (Å²) in [6.07, 6.45) is 1.07. The molecule has 1 atom stereocenters. The standard InChI is InChI=1S/C8H14OSi/c1-6-7(5-9)8(6)10(2,3)4/h5,7H,1-4H3/t7-/m1/s1. The van der Waals surface area contributed by atoms with Crippen LogP contribution in [0.15, 0.2) is 10.8 Å². The Bertz CT molecular complexity index is 198. The third-order valence-electron chi connectivity index (χ3n) is 2.06. The van der Waals surface area contributed by atoms with Crippen LogP contribution in [0, 0.1) is 5.92 Å². The van der Waals surface area contributed by atoms with Crippen LogP contribution in [0.25, 0.3) is 0 Å². The first-order valence-corrected chi connectivity index (χ1v) is 7.15. The molecule has 0 aromatic carbocycles. The van der Waals surface area contributed by atoms with Crippen molar-refractivity contribution in [2.45, 2.75) is 26.6 Å². The van der Waals surface area contributed by atoms with E-state index in [4.69, 9.17) is 0 Å². The van der Waals surface area contributed by atoms with Gasteiger partial charge in [-0.2, -0.15) is 0 Å². The minimum absolute atomic E-state index is 0.242. The fourth-order valence-corrected chi connectivity index (χ4v) is 4.07. The molecule has 0 amide bonds. The van der Waals surface area contributed by atoms with E-state index in [-0.39, 0.29) is 5.92 Å². The van der Waals surface area contributed by atoms with E-state index < -0.39 is 8.07 Å². The summed E-state index contributed by atoms with van der Waals surface area (Å²) >= 11 is 0. The molecule has 10 heavy (non-hydrogen) atoms. The second kappa shape index (κ2) is 2.05. The van der Waals surface area contributed by atoms with Crippen LogP contribution in [-0.4, -0.2) is 14.4 Å². The van der Waals surface area contributed by atoms with Gasteiger partial charge in [-0.25, -0.2) is 0 Å². The molecular weight excluding hydrogens is 140 g/mol. The molecule has 0 radical (unpaired) electrons. The molecular formula is C8H14OSi. The first kappa shape index (κ1) is 7.73. The highest BCUT2D eigenvalue weighted by atomic mass is 28.3. The number of carbonyl (C=O) groups is 1. The van der Waals surface area contributed by atoms with Crippen LogP contribution in [0.2, 0.25) is 19.6 Å². The van der Waals surface area contributed by atoms with Crippen molar-refractivity contribution in [3.05, 3.63) is 10.8 Å². The lowest BCUT2D eigenvalue weighted by molar-refractivity contribution is -0.108. The molecule has 1 aliphatic rings. The molecule has 2 heteroatoms. The lowest BCUT2D eigenvalue weighted by Crippen LogP contribution is -2.20. The second-order valence-electron chi connectivity index (χ2n) is 3.96. The number of rotatable bonds is 2. The summed E-state index contributed by atoms with van der Waals surface area (Å²) in [5.41, 5.74) is 1.34. The van der Waals surface area contributed by atoms with E-state index in [2.05, 4.69) is 26.6 Å². The van der Waals surface area contributed by atoms with Crippen molar-refractivity contribution in [3.63, 3.8) is 0 Å². The van der Waals surface area contributed by atoms with Gasteiger partial charge in [0.25, 0.3) is 0 Å². The lowest BCUT2D eigenvalue weighted by Gasteiger charge is -2.10. The lowest BCUT2D eigenvalue weighted by atomic mass is 10.3. The van der Waals surface area contributed by atoms with Gasteiger partial charge in [-0.3, -0.25) is 0 Å². The predicted molar refractivity (Wildman–Crippen MR) is 45.6 cm³/mol. The van der Waals surface area contributed by atoms with E-state index >= 15 is 0 Å². The Kier molecular flexibility index (Phi) is 1.59. The van der Waals surface area contributed by atoms with E-state index in [1.165, 1.54) is 10.8 Å². The summed E-state index contributed by atoms with van der Waals surface area (Å²) in [4.78, 5) is 10.4. The zero-order chi connectivity index (χ0) is 7.94. The first-order valence-electron chi connectivity index (χ1n) is 3.65. The third kappa shape index (κ3) is 1.08. The number of hydrogen-bond acceptors (Lipinski definition) is 1. The highest BCUT2D eigenvalue weighted by Gasteiger charge is 2.40. The van der Waals surface area contributed by atoms with Gasteiger partial charge in [0.05, 0.1) is 14.0 Å². The van der Waals surface area contributed by atoms with Crippen LogP contribution in [0.4, 0.5) is 0 Å². The molecule has 0 N–H and O–H groups in total. The molecule has 0 bridgehead atoms. The van der Waals surface area contributed by atoms with E-state index in [9.17, 15) is 4.79 Å². The largest absolute Gasteiger partial charge is 0.302 e. The molecule has 1 nitrogen and oxygen atoms in total. The Morgan fingerprint density at radius 2 is 1.90 bits per heavy atom. The van der Waals surface area contributed by atoms with E-state index in [0.29, 0.717) is 0 Å². The normalized spacial score (nSPS) is 25.0. The fraction of sp³-hybridized carbons (Fsp3) is 0.625. The molecule has 56 valence electrons. The number of carbonyl (C=O) groups excluding carboxylic acids is 1. The Morgan fingerprint density at radius 1 is 1.40 bits per heavy atom. The van der Waals surface area contributed by atoms with Gasteiger partial charge < -0.3 is 4.79 Å². The maximum Gasteiger partial charge on any atom is 0.130 e. The molecule has 1 aliphatic carbocycles. The van der Waals surface area contributed by atoms with Crippen LogP contribution in [-0.2, 0) is 4.79 Å². The minimum Gasteiger partial charge on any atom is -0.302 e. The van der Waals surface area contributed by atoms with Crippen LogP contribution >= 0.6 is 0 Å². The Balaban J connectivity index is 2.71. The molecule has 0 spiro atoms. The average Bonchev–Trinajstić information content (AvgIpc) is 2.39. The van der Waals surface area contributed by atoms with Crippen LogP contribution in [0.1, 0.15) is 6.92 Å². The van der Waals surface area contributed by atoms with Crippen molar-refractivity contribution >= 4 is 14.4 Å². The minimum atomic E-state index is -1.12. The SMILES string of the molecule is CC1=C([Si](C)(C)C)[C@@H]1C=O. The highest BCUT2D eigenvalue weighted by molar-refractivity contribution is 6.84. The molecule has 0 unspecified atom stereocenters. The summed E-state index contributed by atoms with van der Waals surface area (Å²) in [6.45, 7) is 8.94. The Morgan fingerprint density at radius 3 is 2.00 bits per heavy atom. The zero-order valence-corrected chi connectivity index (χ0v) is 8.06. The maximum absolute atomic E-state index is 10.4. The van der Waals surface area contributed by atoms with Gasteiger partial charge in [-0.05, 0) is 6.92 Å². The highest BCUT2D eigenvalue weighted by Crippen LogP contribution is 2.43. The van der Waals surface area contributed by atoms with Gasteiger partial charge in [0, 0.05) is 0 Å². The topological polar surface area (TPSA) is 17.1 Å². The molecule has 0 aromatic rings.